The first-order valence-electron chi connectivity index (χ1n) is 5.81. The van der Waals surface area contributed by atoms with Gasteiger partial charge in [-0.2, -0.15) is 0 Å². The molecule has 0 aliphatic rings. The lowest BCUT2D eigenvalue weighted by atomic mass is 10.1. The number of rotatable bonds is 6. The van der Waals surface area contributed by atoms with Crippen LogP contribution in [0.1, 0.15) is 41.5 Å². The first kappa shape index (κ1) is 13.0. The molecule has 0 atom stereocenters. The van der Waals surface area contributed by atoms with Gasteiger partial charge in [-0.1, -0.05) is 27.7 Å². The maximum atomic E-state index is 2.33. The fraction of sp³-hybridized carbons (Fsp3) is 1.00. The van der Waals surface area contributed by atoms with Gasteiger partial charge in [0.2, 0.25) is 0 Å². The zero-order chi connectivity index (χ0) is 10.5. The third-order valence-corrected chi connectivity index (χ3v) is 2.85. The lowest BCUT2D eigenvalue weighted by Crippen LogP contribution is -2.52. The molecule has 0 heterocycles. The highest BCUT2D eigenvalue weighted by molar-refractivity contribution is 4.49. The second-order valence-corrected chi connectivity index (χ2v) is 5.13. The Labute approximate surface area is 84.7 Å². The summed E-state index contributed by atoms with van der Waals surface area (Å²) >= 11 is 0. The maximum absolute atomic E-state index is 2.33. The van der Waals surface area contributed by atoms with Gasteiger partial charge in [-0.3, -0.25) is 0 Å². The van der Waals surface area contributed by atoms with Crippen molar-refractivity contribution in [2.24, 2.45) is 11.8 Å². The Balaban J connectivity index is 4.30. The summed E-state index contributed by atoms with van der Waals surface area (Å²) in [5, 5.41) is 0. The standard InChI is InChI=1S/C12H28N/c1-7-13(8-2,9-11(3)4)10-12(5)6/h11-12H,7-10H2,1-6H3/q+1. The molecule has 0 fully saturated rings. The minimum atomic E-state index is 0.818. The summed E-state index contributed by atoms with van der Waals surface area (Å²) < 4.78 is 1.30. The van der Waals surface area contributed by atoms with Crippen molar-refractivity contribution in [3.63, 3.8) is 0 Å². The Morgan fingerprint density at radius 2 is 1.08 bits per heavy atom. The SMILES string of the molecule is CC[N+](CC)(CC(C)C)CC(C)C. The highest BCUT2D eigenvalue weighted by Gasteiger charge is 2.25. The van der Waals surface area contributed by atoms with E-state index in [1.807, 2.05) is 0 Å². The van der Waals surface area contributed by atoms with Crippen LogP contribution >= 0.6 is 0 Å². The van der Waals surface area contributed by atoms with Crippen LogP contribution in [0.2, 0.25) is 0 Å². The van der Waals surface area contributed by atoms with E-state index in [0.29, 0.717) is 0 Å². The molecule has 0 bridgehead atoms. The molecule has 0 aromatic carbocycles. The minimum Gasteiger partial charge on any atom is -0.324 e. The van der Waals surface area contributed by atoms with Gasteiger partial charge in [-0.05, 0) is 13.8 Å². The van der Waals surface area contributed by atoms with Gasteiger partial charge in [0, 0.05) is 11.8 Å². The molecule has 0 aliphatic heterocycles. The van der Waals surface area contributed by atoms with Crippen molar-refractivity contribution in [2.75, 3.05) is 26.2 Å². The van der Waals surface area contributed by atoms with Crippen LogP contribution in [0.3, 0.4) is 0 Å². The smallest absolute Gasteiger partial charge is 0.0809 e. The first-order valence-corrected chi connectivity index (χ1v) is 5.81. The molecule has 0 radical (unpaired) electrons. The molecule has 80 valence electrons. The van der Waals surface area contributed by atoms with Crippen LogP contribution in [-0.4, -0.2) is 30.7 Å². The van der Waals surface area contributed by atoms with Crippen molar-refractivity contribution in [1.29, 1.82) is 0 Å². The minimum absolute atomic E-state index is 0.818. The fourth-order valence-electron chi connectivity index (χ4n) is 2.36. The zero-order valence-electron chi connectivity index (χ0n) is 10.4. The molecule has 0 aromatic rings. The Hall–Kier alpha value is -0.0400. The highest BCUT2D eigenvalue weighted by Crippen LogP contribution is 2.14. The second-order valence-electron chi connectivity index (χ2n) is 5.13. The number of quaternary nitrogens is 1. The molecule has 0 aromatic heterocycles. The van der Waals surface area contributed by atoms with Crippen molar-refractivity contribution in [3.8, 4) is 0 Å². The Kier molecular flexibility index (Phi) is 5.62. The summed E-state index contributed by atoms with van der Waals surface area (Å²) in [6, 6.07) is 0. The van der Waals surface area contributed by atoms with Gasteiger partial charge in [-0.25, -0.2) is 0 Å². The quantitative estimate of drug-likeness (QED) is 0.559. The van der Waals surface area contributed by atoms with E-state index >= 15 is 0 Å². The molecule has 0 spiro atoms. The Morgan fingerprint density at radius 1 is 0.769 bits per heavy atom. The van der Waals surface area contributed by atoms with Crippen molar-refractivity contribution in [3.05, 3.63) is 0 Å². The van der Waals surface area contributed by atoms with Gasteiger partial charge in [0.05, 0.1) is 26.2 Å². The normalized spacial score (nSPS) is 12.9. The number of nitrogens with zero attached hydrogens (tertiary/aromatic N) is 1. The van der Waals surface area contributed by atoms with E-state index in [1.54, 1.807) is 0 Å². The predicted molar refractivity (Wildman–Crippen MR) is 60.8 cm³/mol. The van der Waals surface area contributed by atoms with Crippen LogP contribution in [0, 0.1) is 11.8 Å². The highest BCUT2D eigenvalue weighted by atomic mass is 15.3. The van der Waals surface area contributed by atoms with E-state index in [1.165, 1.54) is 30.7 Å². The molecule has 0 saturated heterocycles. The summed E-state index contributed by atoms with van der Waals surface area (Å²) in [6.45, 7) is 19.2. The topological polar surface area (TPSA) is 0 Å². The Morgan fingerprint density at radius 3 is 1.23 bits per heavy atom. The second kappa shape index (κ2) is 5.64. The zero-order valence-corrected chi connectivity index (χ0v) is 10.4. The van der Waals surface area contributed by atoms with Crippen molar-refractivity contribution >= 4 is 0 Å². The number of hydrogen-bond donors (Lipinski definition) is 0. The number of hydrogen-bond acceptors (Lipinski definition) is 0. The van der Waals surface area contributed by atoms with E-state index in [2.05, 4.69) is 41.5 Å². The van der Waals surface area contributed by atoms with Crippen molar-refractivity contribution in [1.82, 2.24) is 0 Å². The summed E-state index contributed by atoms with van der Waals surface area (Å²) in [7, 11) is 0. The average molecular weight is 186 g/mol. The van der Waals surface area contributed by atoms with Crippen molar-refractivity contribution in [2.45, 2.75) is 41.5 Å². The summed E-state index contributed by atoms with van der Waals surface area (Å²) in [6.07, 6.45) is 0. The maximum Gasteiger partial charge on any atom is 0.0809 e. The molecular weight excluding hydrogens is 158 g/mol. The van der Waals surface area contributed by atoms with Gasteiger partial charge >= 0.3 is 0 Å². The van der Waals surface area contributed by atoms with Gasteiger partial charge in [-0.15, -0.1) is 0 Å². The monoisotopic (exact) mass is 186 g/mol. The van der Waals surface area contributed by atoms with Gasteiger partial charge in [0.25, 0.3) is 0 Å². The molecule has 13 heavy (non-hydrogen) atoms. The predicted octanol–water partition coefficient (Wildman–Crippen LogP) is 3.16. The van der Waals surface area contributed by atoms with Crippen LogP contribution < -0.4 is 0 Å². The molecule has 0 N–H and O–H groups in total. The average Bonchev–Trinajstić information content (AvgIpc) is 2.01. The van der Waals surface area contributed by atoms with E-state index in [9.17, 15) is 0 Å². The van der Waals surface area contributed by atoms with E-state index < -0.39 is 0 Å². The molecular formula is C12H28N+. The summed E-state index contributed by atoms with van der Waals surface area (Å²) in [4.78, 5) is 0. The molecule has 0 saturated carbocycles. The molecule has 0 unspecified atom stereocenters. The molecule has 0 aliphatic carbocycles. The summed E-state index contributed by atoms with van der Waals surface area (Å²) in [5.74, 6) is 1.64. The van der Waals surface area contributed by atoms with E-state index in [-0.39, 0.29) is 0 Å². The van der Waals surface area contributed by atoms with Crippen LogP contribution in [-0.2, 0) is 0 Å². The molecule has 0 amide bonds. The van der Waals surface area contributed by atoms with Crippen LogP contribution in [0.5, 0.6) is 0 Å². The lowest BCUT2D eigenvalue weighted by molar-refractivity contribution is -0.930. The largest absolute Gasteiger partial charge is 0.324 e. The van der Waals surface area contributed by atoms with Crippen LogP contribution in [0.15, 0.2) is 0 Å². The third kappa shape index (κ3) is 4.66. The van der Waals surface area contributed by atoms with Gasteiger partial charge in [0.15, 0.2) is 0 Å². The van der Waals surface area contributed by atoms with Gasteiger partial charge < -0.3 is 4.48 Å². The van der Waals surface area contributed by atoms with Crippen LogP contribution in [0.25, 0.3) is 0 Å². The lowest BCUT2D eigenvalue weighted by Gasteiger charge is -2.39. The third-order valence-electron chi connectivity index (χ3n) is 2.85. The summed E-state index contributed by atoms with van der Waals surface area (Å²) in [5.41, 5.74) is 0. The first-order chi connectivity index (χ1) is 5.95. The van der Waals surface area contributed by atoms with Crippen LogP contribution in [0.4, 0.5) is 0 Å². The fourth-order valence-corrected chi connectivity index (χ4v) is 2.36. The van der Waals surface area contributed by atoms with Crippen molar-refractivity contribution < 1.29 is 4.48 Å². The molecule has 1 heteroatoms. The van der Waals surface area contributed by atoms with E-state index in [0.717, 1.165) is 11.8 Å². The van der Waals surface area contributed by atoms with Gasteiger partial charge in [0.1, 0.15) is 0 Å². The molecule has 0 rings (SSSR count). The van der Waals surface area contributed by atoms with E-state index in [4.69, 9.17) is 0 Å². The Bertz CT molecular complexity index is 111. The molecule has 1 nitrogen and oxygen atoms in total.